The molecule has 1 saturated carbocycles. The highest BCUT2D eigenvalue weighted by molar-refractivity contribution is 6.07. The third-order valence-electron chi connectivity index (χ3n) is 6.88. The summed E-state index contributed by atoms with van der Waals surface area (Å²) in [6.45, 7) is 6.41. The molecule has 0 spiro atoms. The Morgan fingerprint density at radius 1 is 1.09 bits per heavy atom. The summed E-state index contributed by atoms with van der Waals surface area (Å²) in [5, 5.41) is 0.266. The molecule has 0 bridgehead atoms. The minimum atomic E-state index is -0.420. The maximum atomic E-state index is 15.3. The molecular formula is C26H29FN4O2. The van der Waals surface area contributed by atoms with E-state index in [4.69, 9.17) is 0 Å². The summed E-state index contributed by atoms with van der Waals surface area (Å²) in [5.74, 6) is -0.796. The van der Waals surface area contributed by atoms with Crippen molar-refractivity contribution in [2.24, 2.45) is 0 Å². The standard InChI is InChI=1S/C26H29FN4O2/c1-3-29-11-13-30(14-12-29)24-16-23-20(15-22(24)27)25(32)21(17-31(23)19-9-10-19)26(33)28(2)18-7-5-4-6-8-18/h4-8,15-17,19H,3,9-14H2,1-2H3. The molecule has 0 unspecified atom stereocenters. The van der Waals surface area contributed by atoms with Gasteiger partial charge in [-0.2, -0.15) is 0 Å². The van der Waals surface area contributed by atoms with Crippen LogP contribution in [0.4, 0.5) is 15.8 Å². The average Bonchev–Trinajstić information content (AvgIpc) is 3.69. The lowest BCUT2D eigenvalue weighted by atomic mass is 10.1. The van der Waals surface area contributed by atoms with Crippen LogP contribution in [-0.4, -0.2) is 55.1 Å². The second-order valence-corrected chi connectivity index (χ2v) is 8.95. The van der Waals surface area contributed by atoms with Crippen molar-refractivity contribution >= 4 is 28.2 Å². The molecule has 2 aliphatic rings. The number of hydrogen-bond donors (Lipinski definition) is 0. The molecule has 2 fully saturated rings. The van der Waals surface area contributed by atoms with E-state index >= 15 is 4.39 Å². The number of piperazine rings is 1. The molecule has 33 heavy (non-hydrogen) atoms. The Morgan fingerprint density at radius 2 is 1.79 bits per heavy atom. The summed E-state index contributed by atoms with van der Waals surface area (Å²) in [5.41, 5.74) is 1.59. The van der Waals surface area contributed by atoms with E-state index in [0.717, 1.165) is 45.6 Å². The summed E-state index contributed by atoms with van der Waals surface area (Å²) < 4.78 is 17.3. The Labute approximate surface area is 192 Å². The SMILES string of the molecule is CCN1CCN(c2cc3c(cc2F)c(=O)c(C(=O)N(C)c2ccccc2)cn3C2CC2)CC1. The van der Waals surface area contributed by atoms with E-state index in [2.05, 4.69) is 16.7 Å². The van der Waals surface area contributed by atoms with Crippen LogP contribution in [0.1, 0.15) is 36.2 Å². The number of carbonyl (C=O) groups is 1. The van der Waals surface area contributed by atoms with Crippen LogP contribution >= 0.6 is 0 Å². The third kappa shape index (κ3) is 4.02. The number of fused-ring (bicyclic) bond motifs is 1. The molecule has 172 valence electrons. The van der Waals surface area contributed by atoms with Gasteiger partial charge in [-0.3, -0.25) is 9.59 Å². The quantitative estimate of drug-likeness (QED) is 0.594. The smallest absolute Gasteiger partial charge is 0.263 e. The molecule has 0 N–H and O–H groups in total. The highest BCUT2D eigenvalue weighted by Gasteiger charge is 2.29. The van der Waals surface area contributed by atoms with Gasteiger partial charge in [0.2, 0.25) is 5.43 Å². The van der Waals surface area contributed by atoms with Gasteiger partial charge in [-0.15, -0.1) is 0 Å². The van der Waals surface area contributed by atoms with Crippen LogP contribution in [0.5, 0.6) is 0 Å². The molecule has 1 aliphatic heterocycles. The number of amides is 1. The van der Waals surface area contributed by atoms with E-state index < -0.39 is 11.2 Å². The molecule has 1 aromatic heterocycles. The molecule has 0 atom stereocenters. The molecule has 5 rings (SSSR count). The van der Waals surface area contributed by atoms with Gasteiger partial charge in [0, 0.05) is 56.5 Å². The minimum Gasteiger partial charge on any atom is -0.367 e. The van der Waals surface area contributed by atoms with Crippen molar-refractivity contribution < 1.29 is 9.18 Å². The molecular weight excluding hydrogens is 419 g/mol. The molecule has 2 aromatic carbocycles. The first-order chi connectivity index (χ1) is 16.0. The average molecular weight is 449 g/mol. The van der Waals surface area contributed by atoms with Crippen LogP contribution in [0.25, 0.3) is 10.9 Å². The van der Waals surface area contributed by atoms with Crippen LogP contribution in [-0.2, 0) is 0 Å². The molecule has 3 aromatic rings. The number of likely N-dealkylation sites (N-methyl/N-ethyl adjacent to an activating group) is 1. The molecule has 7 heteroatoms. The van der Waals surface area contributed by atoms with Crippen molar-refractivity contribution in [2.75, 3.05) is 49.6 Å². The predicted molar refractivity (Wildman–Crippen MR) is 130 cm³/mol. The lowest BCUT2D eigenvalue weighted by Gasteiger charge is -2.35. The van der Waals surface area contributed by atoms with Crippen molar-refractivity contribution in [1.82, 2.24) is 9.47 Å². The first-order valence-electron chi connectivity index (χ1n) is 11.7. The van der Waals surface area contributed by atoms with E-state index in [9.17, 15) is 9.59 Å². The minimum absolute atomic E-state index is 0.0736. The topological polar surface area (TPSA) is 48.8 Å². The van der Waals surface area contributed by atoms with E-state index in [1.165, 1.54) is 11.0 Å². The number of benzene rings is 2. The molecule has 1 amide bonds. The third-order valence-corrected chi connectivity index (χ3v) is 6.88. The second kappa shape index (κ2) is 8.63. The van der Waals surface area contributed by atoms with Crippen molar-refractivity contribution in [3.8, 4) is 0 Å². The zero-order valence-electron chi connectivity index (χ0n) is 19.1. The zero-order chi connectivity index (χ0) is 23.1. The van der Waals surface area contributed by atoms with Crippen molar-refractivity contribution in [3.63, 3.8) is 0 Å². The number of hydrogen-bond acceptors (Lipinski definition) is 4. The Bertz CT molecular complexity index is 1240. The summed E-state index contributed by atoms with van der Waals surface area (Å²) in [4.78, 5) is 32.5. The summed E-state index contributed by atoms with van der Waals surface area (Å²) >= 11 is 0. The first kappa shape index (κ1) is 21.6. The van der Waals surface area contributed by atoms with Crippen LogP contribution in [0, 0.1) is 5.82 Å². The molecule has 1 saturated heterocycles. The second-order valence-electron chi connectivity index (χ2n) is 8.95. The van der Waals surface area contributed by atoms with Gasteiger partial charge < -0.3 is 19.3 Å². The van der Waals surface area contributed by atoms with E-state index in [0.29, 0.717) is 16.9 Å². The number of anilines is 2. The van der Waals surface area contributed by atoms with Crippen LogP contribution in [0.3, 0.4) is 0 Å². The predicted octanol–water partition coefficient (Wildman–Crippen LogP) is 3.89. The van der Waals surface area contributed by atoms with Crippen LogP contribution in [0.2, 0.25) is 0 Å². The van der Waals surface area contributed by atoms with Gasteiger partial charge in [-0.1, -0.05) is 25.1 Å². The van der Waals surface area contributed by atoms with E-state index in [-0.39, 0.29) is 22.9 Å². The van der Waals surface area contributed by atoms with Crippen molar-refractivity contribution in [3.05, 3.63) is 70.3 Å². The fraction of sp³-hybridized carbons (Fsp3) is 0.385. The van der Waals surface area contributed by atoms with Gasteiger partial charge in [-0.05, 0) is 43.7 Å². The van der Waals surface area contributed by atoms with Crippen LogP contribution in [0.15, 0.2) is 53.5 Å². The fourth-order valence-corrected chi connectivity index (χ4v) is 4.66. The highest BCUT2D eigenvalue weighted by atomic mass is 19.1. The lowest BCUT2D eigenvalue weighted by Crippen LogP contribution is -2.46. The van der Waals surface area contributed by atoms with Gasteiger partial charge in [0.15, 0.2) is 0 Å². The number of carbonyl (C=O) groups excluding carboxylic acids is 1. The highest BCUT2D eigenvalue weighted by Crippen LogP contribution is 2.38. The van der Waals surface area contributed by atoms with E-state index in [1.807, 2.05) is 34.9 Å². The Hall–Kier alpha value is -3.19. The normalized spacial score (nSPS) is 16.9. The number of rotatable bonds is 5. The number of aromatic nitrogens is 1. The Morgan fingerprint density at radius 3 is 2.42 bits per heavy atom. The Balaban J connectivity index is 1.58. The number of nitrogens with zero attached hydrogens (tertiary/aromatic N) is 4. The summed E-state index contributed by atoms with van der Waals surface area (Å²) in [7, 11) is 1.66. The van der Waals surface area contributed by atoms with Crippen LogP contribution < -0.4 is 15.2 Å². The van der Waals surface area contributed by atoms with Gasteiger partial charge in [-0.25, -0.2) is 4.39 Å². The van der Waals surface area contributed by atoms with Crippen molar-refractivity contribution in [1.29, 1.82) is 0 Å². The molecule has 2 heterocycles. The molecule has 6 nitrogen and oxygen atoms in total. The maximum absolute atomic E-state index is 15.3. The lowest BCUT2D eigenvalue weighted by molar-refractivity contribution is 0.0991. The first-order valence-corrected chi connectivity index (χ1v) is 11.7. The van der Waals surface area contributed by atoms with Gasteiger partial charge in [0.25, 0.3) is 5.91 Å². The summed E-state index contributed by atoms with van der Waals surface area (Å²) in [6.07, 6.45) is 3.66. The fourth-order valence-electron chi connectivity index (χ4n) is 4.66. The van der Waals surface area contributed by atoms with Gasteiger partial charge in [0.05, 0.1) is 11.2 Å². The summed E-state index contributed by atoms with van der Waals surface area (Å²) in [6, 6.07) is 12.6. The largest absolute Gasteiger partial charge is 0.367 e. The number of pyridine rings is 1. The van der Waals surface area contributed by atoms with E-state index in [1.54, 1.807) is 19.3 Å². The Kier molecular flexibility index (Phi) is 5.66. The number of halogens is 1. The van der Waals surface area contributed by atoms with Gasteiger partial charge in [0.1, 0.15) is 11.4 Å². The number of para-hydroxylation sites is 1. The maximum Gasteiger partial charge on any atom is 0.263 e. The molecule has 1 aliphatic carbocycles. The molecule has 0 radical (unpaired) electrons. The monoisotopic (exact) mass is 448 g/mol. The van der Waals surface area contributed by atoms with Gasteiger partial charge >= 0.3 is 0 Å². The zero-order valence-corrected chi connectivity index (χ0v) is 19.1. The van der Waals surface area contributed by atoms with Crippen molar-refractivity contribution in [2.45, 2.75) is 25.8 Å².